The van der Waals surface area contributed by atoms with E-state index in [1.807, 2.05) is 0 Å². The summed E-state index contributed by atoms with van der Waals surface area (Å²) >= 11 is 5.53. The molecule has 19 heavy (non-hydrogen) atoms. The zero-order chi connectivity index (χ0) is 14.0. The minimum Gasteiger partial charge on any atom is -0.450 e. The molecule has 0 radical (unpaired) electrons. The number of fused-ring (bicyclic) bond motifs is 1. The Morgan fingerprint density at radius 2 is 2.21 bits per heavy atom. The molecule has 9 heteroatoms. The Morgan fingerprint density at radius 3 is 2.84 bits per heavy atom. The van der Waals surface area contributed by atoms with Gasteiger partial charge in [-0.3, -0.25) is 0 Å². The van der Waals surface area contributed by atoms with E-state index < -0.39 is 23.8 Å². The molecule has 8 nitrogen and oxygen atoms in total. The van der Waals surface area contributed by atoms with Crippen molar-refractivity contribution in [3.63, 3.8) is 0 Å². The molecule has 1 atom stereocenters. The maximum atomic E-state index is 12.1. The van der Waals surface area contributed by atoms with Crippen LogP contribution in [0.15, 0.2) is 21.7 Å². The third-order valence-corrected chi connectivity index (χ3v) is 2.96. The Bertz CT molecular complexity index is 626. The number of alkyl halides is 1. The van der Waals surface area contributed by atoms with Crippen LogP contribution in [0, 0.1) is 0 Å². The lowest BCUT2D eigenvalue weighted by molar-refractivity contribution is 0.0256. The standard InChI is InChI=1S/C10H12ClN3O5/c11-4-2-5-12-8(15)13-6-1-3-7(19-10(17)18)14(13)9(12)16/h1,3,7H,2,4-6H2,(H,17,18). The van der Waals surface area contributed by atoms with E-state index in [1.54, 1.807) is 6.08 Å². The summed E-state index contributed by atoms with van der Waals surface area (Å²) in [5.41, 5.74) is -1.11. The van der Waals surface area contributed by atoms with Crippen molar-refractivity contribution in [2.75, 3.05) is 5.88 Å². The van der Waals surface area contributed by atoms with Crippen LogP contribution in [0.4, 0.5) is 4.79 Å². The first-order valence-corrected chi connectivity index (χ1v) is 6.14. The maximum Gasteiger partial charge on any atom is 0.508 e. The van der Waals surface area contributed by atoms with Gasteiger partial charge in [-0.2, -0.15) is 4.68 Å². The van der Waals surface area contributed by atoms with Crippen LogP contribution in [0.3, 0.4) is 0 Å². The van der Waals surface area contributed by atoms with Gasteiger partial charge in [0, 0.05) is 12.4 Å². The van der Waals surface area contributed by atoms with Crippen molar-refractivity contribution in [3.8, 4) is 0 Å². The zero-order valence-electron chi connectivity index (χ0n) is 9.86. The average Bonchev–Trinajstić information content (AvgIpc) is 2.60. The highest BCUT2D eigenvalue weighted by Crippen LogP contribution is 2.11. The molecule has 1 aromatic rings. The van der Waals surface area contributed by atoms with E-state index in [0.717, 1.165) is 13.9 Å². The maximum absolute atomic E-state index is 12.1. The molecular formula is C10H12ClN3O5. The van der Waals surface area contributed by atoms with Gasteiger partial charge in [0.15, 0.2) is 0 Å². The zero-order valence-corrected chi connectivity index (χ0v) is 10.6. The van der Waals surface area contributed by atoms with Crippen molar-refractivity contribution < 1.29 is 14.6 Å². The second-order valence-corrected chi connectivity index (χ2v) is 4.27. The number of carbonyl (C=O) groups is 1. The smallest absolute Gasteiger partial charge is 0.450 e. The number of nitrogens with zero attached hydrogens (tertiary/aromatic N) is 3. The first kappa shape index (κ1) is 13.5. The van der Waals surface area contributed by atoms with Crippen molar-refractivity contribution in [3.05, 3.63) is 33.1 Å². The number of halogens is 1. The summed E-state index contributed by atoms with van der Waals surface area (Å²) in [7, 11) is 0. The Kier molecular flexibility index (Phi) is 3.79. The van der Waals surface area contributed by atoms with Crippen molar-refractivity contribution >= 4 is 17.8 Å². The summed E-state index contributed by atoms with van der Waals surface area (Å²) in [6.45, 7) is 0.384. The monoisotopic (exact) mass is 289 g/mol. The molecule has 0 aliphatic carbocycles. The quantitative estimate of drug-likeness (QED) is 0.485. The topological polar surface area (TPSA) is 95.5 Å². The summed E-state index contributed by atoms with van der Waals surface area (Å²) in [6.07, 6.45) is 0.819. The molecule has 2 rings (SSSR count). The van der Waals surface area contributed by atoms with Crippen molar-refractivity contribution in [2.24, 2.45) is 0 Å². The van der Waals surface area contributed by atoms with Crippen molar-refractivity contribution in [1.29, 1.82) is 0 Å². The van der Waals surface area contributed by atoms with Crippen LogP contribution in [0.5, 0.6) is 0 Å². The Morgan fingerprint density at radius 1 is 1.47 bits per heavy atom. The number of carboxylic acid groups (broad SMARTS) is 1. The van der Waals surface area contributed by atoms with E-state index in [1.165, 1.54) is 6.08 Å². The van der Waals surface area contributed by atoms with Gasteiger partial charge in [-0.25, -0.2) is 23.6 Å². The molecule has 2 heterocycles. The van der Waals surface area contributed by atoms with Crippen LogP contribution in [-0.4, -0.2) is 31.1 Å². The Labute approximate surface area is 112 Å². The Hall–Kier alpha value is -1.96. The molecule has 0 fully saturated rings. The second-order valence-electron chi connectivity index (χ2n) is 3.89. The lowest BCUT2D eigenvalue weighted by atomic mass is 10.4. The molecule has 1 aliphatic rings. The van der Waals surface area contributed by atoms with Crippen molar-refractivity contribution in [1.82, 2.24) is 13.9 Å². The van der Waals surface area contributed by atoms with Crippen LogP contribution in [0.1, 0.15) is 12.6 Å². The van der Waals surface area contributed by atoms with E-state index in [4.69, 9.17) is 16.7 Å². The summed E-state index contributed by atoms with van der Waals surface area (Å²) < 4.78 is 7.72. The fourth-order valence-electron chi connectivity index (χ4n) is 1.91. The molecule has 0 saturated heterocycles. The molecule has 0 aromatic carbocycles. The fourth-order valence-corrected chi connectivity index (χ4v) is 2.03. The molecule has 1 aromatic heterocycles. The number of rotatable bonds is 4. The molecule has 1 N–H and O–H groups in total. The normalized spacial score (nSPS) is 17.2. The van der Waals surface area contributed by atoms with Gasteiger partial charge < -0.3 is 9.84 Å². The number of hydrogen-bond acceptors (Lipinski definition) is 4. The molecule has 1 unspecified atom stereocenters. The number of ether oxygens (including phenoxy) is 1. The summed E-state index contributed by atoms with van der Waals surface area (Å²) in [5.74, 6) is 0.324. The van der Waals surface area contributed by atoms with Gasteiger partial charge in [0.1, 0.15) is 0 Å². The predicted octanol–water partition coefficient (Wildman–Crippen LogP) is 0.203. The molecule has 0 saturated carbocycles. The predicted molar refractivity (Wildman–Crippen MR) is 65.6 cm³/mol. The second kappa shape index (κ2) is 5.35. The van der Waals surface area contributed by atoms with Crippen LogP contribution in [0.25, 0.3) is 0 Å². The average molecular weight is 290 g/mol. The highest BCUT2D eigenvalue weighted by atomic mass is 35.5. The first-order valence-electron chi connectivity index (χ1n) is 5.60. The van der Waals surface area contributed by atoms with E-state index in [-0.39, 0.29) is 13.1 Å². The first-order chi connectivity index (χ1) is 9.06. The minimum atomic E-state index is -1.52. The number of allylic oxidation sites excluding steroid dienone is 1. The van der Waals surface area contributed by atoms with E-state index in [9.17, 15) is 14.4 Å². The SMILES string of the molecule is O=C(O)OC1C=CCn2c(=O)n(CCCCl)c(=O)n21. The van der Waals surface area contributed by atoms with E-state index in [0.29, 0.717) is 12.3 Å². The molecule has 0 bridgehead atoms. The lowest BCUT2D eigenvalue weighted by Crippen LogP contribution is -2.34. The highest BCUT2D eigenvalue weighted by molar-refractivity contribution is 6.17. The number of aromatic nitrogens is 3. The summed E-state index contributed by atoms with van der Waals surface area (Å²) in [5, 5.41) is 8.62. The van der Waals surface area contributed by atoms with Gasteiger partial charge in [-0.05, 0) is 12.5 Å². The lowest BCUT2D eigenvalue weighted by Gasteiger charge is -2.18. The van der Waals surface area contributed by atoms with Crippen LogP contribution in [-0.2, 0) is 17.8 Å². The van der Waals surface area contributed by atoms with Gasteiger partial charge in [0.25, 0.3) is 0 Å². The van der Waals surface area contributed by atoms with E-state index in [2.05, 4.69) is 4.74 Å². The summed E-state index contributed by atoms with van der Waals surface area (Å²) in [4.78, 5) is 34.7. The fraction of sp³-hybridized carbons (Fsp3) is 0.500. The molecule has 0 amide bonds. The third kappa shape index (κ3) is 2.43. The van der Waals surface area contributed by atoms with Crippen LogP contribution < -0.4 is 11.4 Å². The van der Waals surface area contributed by atoms with Gasteiger partial charge in [-0.15, -0.1) is 11.6 Å². The summed E-state index contributed by atoms with van der Waals surface area (Å²) in [6, 6.07) is 0. The highest BCUT2D eigenvalue weighted by Gasteiger charge is 2.25. The van der Waals surface area contributed by atoms with Gasteiger partial charge >= 0.3 is 17.5 Å². The molecule has 1 aliphatic heterocycles. The van der Waals surface area contributed by atoms with Crippen molar-refractivity contribution in [2.45, 2.75) is 25.7 Å². The minimum absolute atomic E-state index is 0.188. The van der Waals surface area contributed by atoms with Gasteiger partial charge in [0.05, 0.1) is 6.54 Å². The van der Waals surface area contributed by atoms with Crippen LogP contribution >= 0.6 is 11.6 Å². The van der Waals surface area contributed by atoms with Gasteiger partial charge in [0.2, 0.25) is 6.23 Å². The molecule has 104 valence electrons. The molecule has 0 spiro atoms. The number of hydrogen-bond donors (Lipinski definition) is 1. The van der Waals surface area contributed by atoms with E-state index >= 15 is 0 Å². The molecular weight excluding hydrogens is 278 g/mol. The largest absolute Gasteiger partial charge is 0.508 e. The third-order valence-electron chi connectivity index (χ3n) is 2.70. The van der Waals surface area contributed by atoms with Crippen LogP contribution in [0.2, 0.25) is 0 Å². The van der Waals surface area contributed by atoms with Gasteiger partial charge in [-0.1, -0.05) is 6.08 Å². The Balaban J connectivity index is 2.45.